The van der Waals surface area contributed by atoms with Crippen molar-refractivity contribution in [1.29, 1.82) is 0 Å². The molecule has 3 aromatic rings. The maximum absolute atomic E-state index is 12.1. The standard InChI is InChI=1S/C22H25N7O2/c1-2-26-13-15-27(16-14-26)22-20(29(30)31)21(23-17-24-22)25-28(18-9-5-3-6-10-18)19-11-7-4-8-12-19/h3-12,17H,2,13-16H2,1H3,(H,23,24,25). The Morgan fingerprint density at radius 3 is 2.06 bits per heavy atom. The number of likely N-dealkylation sites (N-methyl/N-ethyl adjacent to an activating group) is 1. The van der Waals surface area contributed by atoms with Gasteiger partial charge in [-0.2, -0.15) is 0 Å². The van der Waals surface area contributed by atoms with E-state index in [1.807, 2.05) is 65.6 Å². The molecule has 2 heterocycles. The van der Waals surface area contributed by atoms with Gasteiger partial charge in [0.15, 0.2) is 0 Å². The van der Waals surface area contributed by atoms with Crippen molar-refractivity contribution in [2.45, 2.75) is 6.92 Å². The number of para-hydroxylation sites is 2. The molecule has 0 amide bonds. The number of nitrogens with one attached hydrogen (secondary N) is 1. The van der Waals surface area contributed by atoms with Crippen molar-refractivity contribution < 1.29 is 4.92 Å². The molecule has 0 spiro atoms. The van der Waals surface area contributed by atoms with Gasteiger partial charge in [-0.25, -0.2) is 9.97 Å². The van der Waals surface area contributed by atoms with Gasteiger partial charge in [0.05, 0.1) is 16.3 Å². The molecule has 0 saturated carbocycles. The summed E-state index contributed by atoms with van der Waals surface area (Å²) >= 11 is 0. The fourth-order valence-corrected chi connectivity index (χ4v) is 3.66. The van der Waals surface area contributed by atoms with E-state index >= 15 is 0 Å². The van der Waals surface area contributed by atoms with E-state index in [9.17, 15) is 10.1 Å². The van der Waals surface area contributed by atoms with Crippen LogP contribution in [-0.2, 0) is 0 Å². The Bertz CT molecular complexity index is 969. The number of piperazine rings is 1. The van der Waals surface area contributed by atoms with Crippen LogP contribution in [0.15, 0.2) is 67.0 Å². The number of hydrogen-bond donors (Lipinski definition) is 1. The summed E-state index contributed by atoms with van der Waals surface area (Å²) in [5.41, 5.74) is 4.71. The Hall–Kier alpha value is -3.72. The Morgan fingerprint density at radius 2 is 1.55 bits per heavy atom. The lowest BCUT2D eigenvalue weighted by Crippen LogP contribution is -2.46. The Balaban J connectivity index is 1.70. The molecule has 31 heavy (non-hydrogen) atoms. The highest BCUT2D eigenvalue weighted by atomic mass is 16.6. The summed E-state index contributed by atoms with van der Waals surface area (Å²) in [7, 11) is 0. The molecule has 4 rings (SSSR count). The SMILES string of the molecule is CCN1CCN(c2ncnc(NN(c3ccccc3)c3ccccc3)c2[N+](=O)[O-])CC1. The molecule has 0 radical (unpaired) electrons. The summed E-state index contributed by atoms with van der Waals surface area (Å²) in [5, 5.41) is 13.9. The van der Waals surface area contributed by atoms with Gasteiger partial charge in [-0.1, -0.05) is 43.3 Å². The van der Waals surface area contributed by atoms with Gasteiger partial charge < -0.3 is 9.80 Å². The topological polar surface area (TPSA) is 90.7 Å². The second-order valence-corrected chi connectivity index (χ2v) is 7.19. The molecule has 0 aliphatic carbocycles. The lowest BCUT2D eigenvalue weighted by molar-refractivity contribution is -0.383. The zero-order valence-electron chi connectivity index (χ0n) is 17.4. The van der Waals surface area contributed by atoms with Gasteiger partial charge in [0.2, 0.25) is 11.6 Å². The first-order valence-corrected chi connectivity index (χ1v) is 10.3. The number of anilines is 4. The van der Waals surface area contributed by atoms with Crippen molar-refractivity contribution >= 4 is 28.7 Å². The largest absolute Gasteiger partial charge is 0.355 e. The minimum absolute atomic E-state index is 0.121. The van der Waals surface area contributed by atoms with Gasteiger partial charge in [-0.15, -0.1) is 0 Å². The Kier molecular flexibility index (Phi) is 6.23. The predicted molar refractivity (Wildman–Crippen MR) is 122 cm³/mol. The monoisotopic (exact) mass is 419 g/mol. The first-order chi connectivity index (χ1) is 15.2. The Labute approximate surface area is 181 Å². The van der Waals surface area contributed by atoms with E-state index in [0.717, 1.165) is 31.0 Å². The molecule has 9 heteroatoms. The lowest BCUT2D eigenvalue weighted by atomic mass is 10.2. The van der Waals surface area contributed by atoms with E-state index in [4.69, 9.17) is 0 Å². The molecule has 0 unspecified atom stereocenters. The molecular formula is C22H25N7O2. The van der Waals surface area contributed by atoms with Crippen molar-refractivity contribution in [3.63, 3.8) is 0 Å². The fourth-order valence-electron chi connectivity index (χ4n) is 3.66. The number of benzene rings is 2. The van der Waals surface area contributed by atoms with Crippen LogP contribution in [0.5, 0.6) is 0 Å². The van der Waals surface area contributed by atoms with E-state index in [-0.39, 0.29) is 11.5 Å². The average Bonchev–Trinajstić information content (AvgIpc) is 2.83. The van der Waals surface area contributed by atoms with Crippen LogP contribution >= 0.6 is 0 Å². The predicted octanol–water partition coefficient (Wildman–Crippen LogP) is 3.69. The highest BCUT2D eigenvalue weighted by Crippen LogP contribution is 2.34. The van der Waals surface area contributed by atoms with E-state index in [1.165, 1.54) is 6.33 Å². The third-order valence-corrected chi connectivity index (χ3v) is 5.35. The average molecular weight is 419 g/mol. The zero-order valence-corrected chi connectivity index (χ0v) is 17.4. The number of hydrazine groups is 1. The lowest BCUT2D eigenvalue weighted by Gasteiger charge is -2.34. The smallest absolute Gasteiger partial charge is 0.348 e. The van der Waals surface area contributed by atoms with Gasteiger partial charge in [0.1, 0.15) is 6.33 Å². The molecule has 1 aliphatic heterocycles. The van der Waals surface area contributed by atoms with E-state index < -0.39 is 4.92 Å². The first-order valence-electron chi connectivity index (χ1n) is 10.3. The van der Waals surface area contributed by atoms with Crippen molar-refractivity contribution in [1.82, 2.24) is 14.9 Å². The van der Waals surface area contributed by atoms with Crippen LogP contribution in [-0.4, -0.2) is 52.5 Å². The number of nitro groups is 1. The van der Waals surface area contributed by atoms with Crippen LogP contribution in [0, 0.1) is 10.1 Å². The Morgan fingerprint density at radius 1 is 0.968 bits per heavy atom. The maximum Gasteiger partial charge on any atom is 0.355 e. The van der Waals surface area contributed by atoms with Gasteiger partial charge >= 0.3 is 5.69 Å². The van der Waals surface area contributed by atoms with Crippen molar-refractivity contribution in [2.75, 3.05) is 48.1 Å². The molecule has 2 aromatic carbocycles. The molecule has 9 nitrogen and oxygen atoms in total. The number of rotatable bonds is 7. The number of nitrogens with zero attached hydrogens (tertiary/aromatic N) is 6. The van der Waals surface area contributed by atoms with Crippen molar-refractivity contribution in [2.24, 2.45) is 0 Å². The maximum atomic E-state index is 12.1. The van der Waals surface area contributed by atoms with Gasteiger partial charge in [-0.05, 0) is 30.8 Å². The normalized spacial score (nSPS) is 14.3. The van der Waals surface area contributed by atoms with E-state index in [2.05, 4.69) is 27.2 Å². The molecule has 0 bridgehead atoms. The summed E-state index contributed by atoms with van der Waals surface area (Å²) in [6.45, 7) is 6.15. The summed E-state index contributed by atoms with van der Waals surface area (Å²) in [6.07, 6.45) is 1.38. The minimum atomic E-state index is -0.405. The molecule has 1 aliphatic rings. The summed E-state index contributed by atoms with van der Waals surface area (Å²) in [6, 6.07) is 19.2. The highest BCUT2D eigenvalue weighted by molar-refractivity contribution is 5.75. The van der Waals surface area contributed by atoms with Gasteiger partial charge in [0, 0.05) is 26.2 Å². The molecule has 1 saturated heterocycles. The fraction of sp³-hybridized carbons (Fsp3) is 0.273. The van der Waals surface area contributed by atoms with Crippen LogP contribution in [0.4, 0.5) is 28.7 Å². The van der Waals surface area contributed by atoms with Crippen LogP contribution in [0.3, 0.4) is 0 Å². The van der Waals surface area contributed by atoms with E-state index in [0.29, 0.717) is 18.9 Å². The van der Waals surface area contributed by atoms with Gasteiger partial charge in [-0.3, -0.25) is 20.5 Å². The molecule has 160 valence electrons. The van der Waals surface area contributed by atoms with Crippen LogP contribution in [0.2, 0.25) is 0 Å². The minimum Gasteiger partial charge on any atom is -0.348 e. The summed E-state index contributed by atoms with van der Waals surface area (Å²) in [4.78, 5) is 24.5. The second kappa shape index (κ2) is 9.40. The quantitative estimate of drug-likeness (QED) is 0.458. The molecular weight excluding hydrogens is 394 g/mol. The third kappa shape index (κ3) is 4.56. The first kappa shape index (κ1) is 20.5. The molecule has 0 atom stereocenters. The molecule has 1 aromatic heterocycles. The summed E-state index contributed by atoms with van der Waals surface area (Å²) in [5.74, 6) is 0.500. The molecule has 1 fully saturated rings. The van der Waals surface area contributed by atoms with Crippen molar-refractivity contribution in [3.8, 4) is 0 Å². The number of aromatic nitrogens is 2. The van der Waals surface area contributed by atoms with Crippen molar-refractivity contribution in [3.05, 3.63) is 77.1 Å². The second-order valence-electron chi connectivity index (χ2n) is 7.19. The van der Waals surface area contributed by atoms with Crippen LogP contribution < -0.4 is 15.3 Å². The van der Waals surface area contributed by atoms with E-state index in [1.54, 1.807) is 5.01 Å². The highest BCUT2D eigenvalue weighted by Gasteiger charge is 2.30. The van der Waals surface area contributed by atoms with Crippen LogP contribution in [0.25, 0.3) is 0 Å². The zero-order chi connectivity index (χ0) is 21.6. The van der Waals surface area contributed by atoms with Gasteiger partial charge in [0.25, 0.3) is 0 Å². The number of hydrogen-bond acceptors (Lipinski definition) is 8. The van der Waals surface area contributed by atoms with Crippen LogP contribution in [0.1, 0.15) is 6.92 Å². The molecule has 1 N–H and O–H groups in total. The summed E-state index contributed by atoms with van der Waals surface area (Å²) < 4.78 is 0. The third-order valence-electron chi connectivity index (χ3n) is 5.35.